The summed E-state index contributed by atoms with van der Waals surface area (Å²) in [5, 5.41) is 0.556. The molecule has 0 bridgehead atoms. The highest BCUT2D eigenvalue weighted by Gasteiger charge is 2.13. The standard InChI is InChI=1S/C8H6Br2N2OS.CH4/c1-13-6-3(9)2-4-7(5(6)10)14-8(11)12-4;/h2H,1H3,(H2,11,12);1H4. The van der Waals surface area contributed by atoms with Crippen molar-refractivity contribution in [3.8, 4) is 5.75 Å². The third kappa shape index (κ3) is 2.11. The van der Waals surface area contributed by atoms with Gasteiger partial charge in [0.1, 0.15) is 5.75 Å². The van der Waals surface area contributed by atoms with Crippen LogP contribution < -0.4 is 10.5 Å². The van der Waals surface area contributed by atoms with Crippen molar-refractivity contribution in [1.29, 1.82) is 0 Å². The highest BCUT2D eigenvalue weighted by atomic mass is 79.9. The Morgan fingerprint density at radius 1 is 1.47 bits per heavy atom. The third-order valence-corrected chi connectivity index (χ3v) is 4.28. The molecule has 0 fully saturated rings. The number of rotatable bonds is 1. The van der Waals surface area contributed by atoms with E-state index in [1.807, 2.05) is 6.07 Å². The van der Waals surface area contributed by atoms with Crippen molar-refractivity contribution >= 4 is 58.5 Å². The van der Waals surface area contributed by atoms with Gasteiger partial charge in [0.25, 0.3) is 0 Å². The predicted octanol–water partition coefficient (Wildman–Crippen LogP) is 4.05. The number of nitrogens with zero attached hydrogens (tertiary/aromatic N) is 1. The van der Waals surface area contributed by atoms with E-state index in [-0.39, 0.29) is 7.43 Å². The molecule has 0 saturated carbocycles. The van der Waals surface area contributed by atoms with Crippen LogP contribution in [0.4, 0.5) is 5.13 Å². The molecule has 0 radical (unpaired) electrons. The molecule has 1 aromatic heterocycles. The van der Waals surface area contributed by atoms with Crippen LogP contribution in [0.2, 0.25) is 0 Å². The molecule has 0 aliphatic rings. The summed E-state index contributed by atoms with van der Waals surface area (Å²) in [5.74, 6) is 0.765. The Morgan fingerprint density at radius 3 is 2.73 bits per heavy atom. The average molecular weight is 354 g/mol. The van der Waals surface area contributed by atoms with Gasteiger partial charge in [0, 0.05) is 0 Å². The van der Waals surface area contributed by atoms with Gasteiger partial charge < -0.3 is 10.5 Å². The highest BCUT2D eigenvalue weighted by molar-refractivity contribution is 9.11. The molecule has 6 heteroatoms. The number of ether oxygens (including phenoxy) is 1. The summed E-state index contributed by atoms with van der Waals surface area (Å²) < 4.78 is 7.99. The smallest absolute Gasteiger partial charge is 0.181 e. The molecule has 0 spiro atoms. The van der Waals surface area contributed by atoms with Crippen molar-refractivity contribution in [2.24, 2.45) is 0 Å². The highest BCUT2D eigenvalue weighted by Crippen LogP contribution is 2.42. The van der Waals surface area contributed by atoms with Crippen molar-refractivity contribution in [2.45, 2.75) is 7.43 Å². The summed E-state index contributed by atoms with van der Waals surface area (Å²) >= 11 is 8.31. The second-order valence-electron chi connectivity index (χ2n) is 2.61. The molecule has 0 saturated heterocycles. The first-order valence-corrected chi connectivity index (χ1v) is 6.11. The maximum atomic E-state index is 5.63. The monoisotopic (exact) mass is 352 g/mol. The first-order valence-electron chi connectivity index (χ1n) is 3.71. The van der Waals surface area contributed by atoms with Gasteiger partial charge in [0.05, 0.1) is 26.3 Å². The van der Waals surface area contributed by atoms with E-state index in [1.165, 1.54) is 11.3 Å². The Kier molecular flexibility index (Phi) is 3.97. The first kappa shape index (κ1) is 12.7. The Balaban J connectivity index is 0.00000112. The lowest BCUT2D eigenvalue weighted by atomic mass is 10.3. The maximum absolute atomic E-state index is 5.63. The number of aromatic nitrogens is 1. The third-order valence-electron chi connectivity index (χ3n) is 1.75. The quantitative estimate of drug-likeness (QED) is 0.841. The van der Waals surface area contributed by atoms with Crippen LogP contribution in [-0.2, 0) is 0 Å². The Bertz CT molecular complexity index is 498. The molecule has 1 heterocycles. The molecule has 0 aliphatic heterocycles. The van der Waals surface area contributed by atoms with Crippen LogP contribution in [0.15, 0.2) is 15.0 Å². The molecule has 0 unspecified atom stereocenters. The fourth-order valence-corrected chi connectivity index (χ4v) is 3.59. The summed E-state index contributed by atoms with van der Waals surface area (Å²) in [6.07, 6.45) is 0. The van der Waals surface area contributed by atoms with Crippen LogP contribution in [0.1, 0.15) is 7.43 Å². The van der Waals surface area contributed by atoms with Gasteiger partial charge in [-0.3, -0.25) is 0 Å². The lowest BCUT2D eigenvalue weighted by Gasteiger charge is -2.05. The fourth-order valence-electron chi connectivity index (χ4n) is 1.18. The van der Waals surface area contributed by atoms with Crippen molar-refractivity contribution in [1.82, 2.24) is 4.98 Å². The lowest BCUT2D eigenvalue weighted by Crippen LogP contribution is -1.86. The molecule has 2 N–H and O–H groups in total. The summed E-state index contributed by atoms with van der Waals surface area (Å²) in [6, 6.07) is 1.89. The number of hydrogen-bond donors (Lipinski definition) is 1. The summed E-state index contributed by atoms with van der Waals surface area (Å²) in [7, 11) is 1.63. The molecule has 15 heavy (non-hydrogen) atoms. The molecule has 0 amide bonds. The SMILES string of the molecule is C.COc1c(Br)cc2nc(N)sc2c1Br. The van der Waals surface area contributed by atoms with Crippen molar-refractivity contribution in [2.75, 3.05) is 12.8 Å². The van der Waals surface area contributed by atoms with E-state index in [0.717, 1.165) is 24.9 Å². The van der Waals surface area contributed by atoms with Crippen molar-refractivity contribution in [3.63, 3.8) is 0 Å². The van der Waals surface area contributed by atoms with E-state index in [4.69, 9.17) is 10.5 Å². The number of nitrogen functional groups attached to an aromatic ring is 1. The molecular formula is C9H10Br2N2OS. The van der Waals surface area contributed by atoms with Gasteiger partial charge in [-0.1, -0.05) is 18.8 Å². The number of nitrogens with two attached hydrogens (primary N) is 1. The van der Waals surface area contributed by atoms with Crippen LogP contribution in [0.5, 0.6) is 5.75 Å². The first-order chi connectivity index (χ1) is 6.63. The lowest BCUT2D eigenvalue weighted by molar-refractivity contribution is 0.410. The topological polar surface area (TPSA) is 48.1 Å². The molecule has 0 atom stereocenters. The second-order valence-corrected chi connectivity index (χ2v) is 5.28. The Morgan fingerprint density at radius 2 is 2.13 bits per heavy atom. The van der Waals surface area contributed by atoms with Gasteiger partial charge in [-0.25, -0.2) is 4.98 Å². The van der Waals surface area contributed by atoms with Crippen LogP contribution in [0.25, 0.3) is 10.2 Å². The minimum Gasteiger partial charge on any atom is -0.494 e. The Labute approximate surface area is 109 Å². The molecule has 0 aliphatic carbocycles. The molecular weight excluding hydrogens is 344 g/mol. The number of methoxy groups -OCH3 is 1. The zero-order valence-corrected chi connectivity index (χ0v) is 11.2. The molecule has 3 nitrogen and oxygen atoms in total. The number of thiazole rings is 1. The van der Waals surface area contributed by atoms with E-state index in [9.17, 15) is 0 Å². The van der Waals surface area contributed by atoms with Crippen LogP contribution in [0.3, 0.4) is 0 Å². The van der Waals surface area contributed by atoms with E-state index < -0.39 is 0 Å². The maximum Gasteiger partial charge on any atom is 0.181 e. The van der Waals surface area contributed by atoms with E-state index in [1.54, 1.807) is 7.11 Å². The second kappa shape index (κ2) is 4.67. The average Bonchev–Trinajstić information content (AvgIpc) is 2.47. The summed E-state index contributed by atoms with van der Waals surface area (Å²) in [6.45, 7) is 0. The van der Waals surface area contributed by atoms with Crippen LogP contribution in [0, 0.1) is 0 Å². The molecule has 1 aromatic carbocycles. The minimum atomic E-state index is 0. The zero-order chi connectivity index (χ0) is 10.3. The largest absolute Gasteiger partial charge is 0.494 e. The Hall–Kier alpha value is -0.330. The number of halogens is 2. The predicted molar refractivity (Wildman–Crippen MR) is 72.7 cm³/mol. The summed E-state index contributed by atoms with van der Waals surface area (Å²) in [4.78, 5) is 4.19. The normalized spacial score (nSPS) is 10.1. The fraction of sp³-hybridized carbons (Fsp3) is 0.222. The van der Waals surface area contributed by atoms with Crippen LogP contribution in [-0.4, -0.2) is 12.1 Å². The molecule has 2 aromatic rings. The zero-order valence-electron chi connectivity index (χ0n) is 7.17. The van der Waals surface area contributed by atoms with Gasteiger partial charge in [0.2, 0.25) is 0 Å². The number of hydrogen-bond acceptors (Lipinski definition) is 4. The van der Waals surface area contributed by atoms with E-state index in [2.05, 4.69) is 36.8 Å². The minimum absolute atomic E-state index is 0. The number of benzene rings is 1. The molecule has 2 rings (SSSR count). The van der Waals surface area contributed by atoms with Gasteiger partial charge in [-0.2, -0.15) is 0 Å². The van der Waals surface area contributed by atoms with Gasteiger partial charge in [0.15, 0.2) is 5.13 Å². The van der Waals surface area contributed by atoms with E-state index >= 15 is 0 Å². The number of fused-ring (bicyclic) bond motifs is 1. The number of anilines is 1. The van der Waals surface area contributed by atoms with Gasteiger partial charge in [-0.05, 0) is 37.9 Å². The molecule has 82 valence electrons. The van der Waals surface area contributed by atoms with Gasteiger partial charge in [-0.15, -0.1) is 0 Å². The van der Waals surface area contributed by atoms with Crippen molar-refractivity contribution < 1.29 is 4.74 Å². The van der Waals surface area contributed by atoms with E-state index in [0.29, 0.717) is 5.13 Å². The van der Waals surface area contributed by atoms with Crippen molar-refractivity contribution in [3.05, 3.63) is 15.0 Å². The summed E-state index contributed by atoms with van der Waals surface area (Å²) in [5.41, 5.74) is 6.50. The van der Waals surface area contributed by atoms with Crippen LogP contribution >= 0.6 is 43.2 Å². The van der Waals surface area contributed by atoms with Gasteiger partial charge >= 0.3 is 0 Å².